The van der Waals surface area contributed by atoms with Crippen molar-refractivity contribution in [2.75, 3.05) is 41.3 Å². The predicted octanol–water partition coefficient (Wildman–Crippen LogP) is 2.21. The summed E-state index contributed by atoms with van der Waals surface area (Å²) in [7, 11) is 2.37. The zero-order valence-electron chi connectivity index (χ0n) is 17.0. The van der Waals surface area contributed by atoms with Crippen LogP contribution < -0.4 is 0 Å². The minimum absolute atomic E-state index is 0.0637. The topological polar surface area (TPSA) is 70.2 Å². The van der Waals surface area contributed by atoms with Crippen LogP contribution in [0.4, 0.5) is 4.39 Å². The van der Waals surface area contributed by atoms with E-state index in [1.807, 2.05) is 19.0 Å². The van der Waals surface area contributed by atoms with Gasteiger partial charge in [-0.15, -0.1) is 0 Å². The molecule has 0 radical (unpaired) electrons. The predicted molar refractivity (Wildman–Crippen MR) is 108 cm³/mol. The molecule has 0 saturated carbocycles. The zero-order valence-corrected chi connectivity index (χ0v) is 17.8. The first-order valence-electron chi connectivity index (χ1n) is 8.97. The lowest BCUT2D eigenvalue weighted by Gasteiger charge is -2.25. The Kier molecular flexibility index (Phi) is 7.86. The Balaban J connectivity index is 2.35. The van der Waals surface area contributed by atoms with E-state index >= 15 is 0 Å². The third kappa shape index (κ3) is 5.83. The quantitative estimate of drug-likeness (QED) is 0.579. The Hall–Kier alpha value is -2.33. The van der Waals surface area contributed by atoms with Crippen LogP contribution in [0.3, 0.4) is 0 Å². The second kappa shape index (κ2) is 9.93. The van der Waals surface area contributed by atoms with Gasteiger partial charge < -0.3 is 9.80 Å². The highest BCUT2D eigenvalue weighted by Gasteiger charge is 2.24. The second-order valence-electron chi connectivity index (χ2n) is 6.75. The van der Waals surface area contributed by atoms with E-state index in [1.165, 1.54) is 49.4 Å². The van der Waals surface area contributed by atoms with Gasteiger partial charge in [-0.3, -0.25) is 9.63 Å². The third-order valence-electron chi connectivity index (χ3n) is 4.40. The molecule has 0 aliphatic heterocycles. The first-order valence-corrected chi connectivity index (χ1v) is 10.4. The fraction of sp³-hybridized carbons (Fsp3) is 0.350. The molecule has 0 fully saturated rings. The summed E-state index contributed by atoms with van der Waals surface area (Å²) in [5, 5.41) is 0. The Morgan fingerprint density at radius 2 is 1.72 bits per heavy atom. The number of nitrogens with zero attached hydrogens (tertiary/aromatic N) is 3. The molecule has 0 unspecified atom stereocenters. The van der Waals surface area contributed by atoms with Gasteiger partial charge in [0.05, 0.1) is 12.0 Å². The molecule has 7 nitrogen and oxygen atoms in total. The molecule has 0 atom stereocenters. The van der Waals surface area contributed by atoms with Crippen LogP contribution in [0, 0.1) is 5.82 Å². The summed E-state index contributed by atoms with van der Waals surface area (Å²) in [5.74, 6) is -0.777. The first kappa shape index (κ1) is 23.0. The average molecular weight is 424 g/mol. The number of hydrogen-bond acceptors (Lipinski definition) is 5. The number of likely N-dealkylation sites (N-methyl/N-ethyl adjacent to an activating group) is 1. The Morgan fingerprint density at radius 1 is 1.03 bits per heavy atom. The van der Waals surface area contributed by atoms with Crippen molar-refractivity contribution in [2.24, 2.45) is 0 Å². The lowest BCUT2D eigenvalue weighted by molar-refractivity contribution is -0.0258. The molecule has 0 aliphatic carbocycles. The summed E-state index contributed by atoms with van der Waals surface area (Å²) in [4.78, 5) is 21.3. The first-order chi connectivity index (χ1) is 13.7. The third-order valence-corrected chi connectivity index (χ3v) is 6.07. The van der Waals surface area contributed by atoms with E-state index in [1.54, 1.807) is 18.2 Å². The van der Waals surface area contributed by atoms with Gasteiger partial charge in [0, 0.05) is 37.8 Å². The van der Waals surface area contributed by atoms with E-state index in [0.717, 1.165) is 4.47 Å². The van der Waals surface area contributed by atoms with Crippen LogP contribution in [0.1, 0.15) is 15.9 Å². The molecule has 29 heavy (non-hydrogen) atoms. The molecule has 2 aromatic carbocycles. The molecule has 0 bridgehead atoms. The van der Waals surface area contributed by atoms with Gasteiger partial charge in [-0.1, -0.05) is 28.7 Å². The minimum atomic E-state index is -3.89. The van der Waals surface area contributed by atoms with Gasteiger partial charge in [0.2, 0.25) is 0 Å². The van der Waals surface area contributed by atoms with Crippen molar-refractivity contribution >= 4 is 15.9 Å². The van der Waals surface area contributed by atoms with Gasteiger partial charge in [0.25, 0.3) is 15.9 Å². The maximum absolute atomic E-state index is 14.1. The molecule has 158 valence electrons. The van der Waals surface area contributed by atoms with E-state index in [2.05, 4.69) is 0 Å². The fourth-order valence-electron chi connectivity index (χ4n) is 2.62. The monoisotopic (exact) mass is 423 g/mol. The fourth-order valence-corrected chi connectivity index (χ4v) is 3.64. The van der Waals surface area contributed by atoms with Crippen LogP contribution in [0.15, 0.2) is 53.4 Å². The molecule has 0 aromatic heterocycles. The molecule has 0 heterocycles. The molecular weight excluding hydrogens is 397 g/mol. The average Bonchev–Trinajstić information content (AvgIpc) is 2.71. The molecular formula is C20H26FN3O4S. The van der Waals surface area contributed by atoms with E-state index in [9.17, 15) is 17.6 Å². The summed E-state index contributed by atoms with van der Waals surface area (Å²) in [6, 6.07) is 12.0. The Bertz CT molecular complexity index is 950. The number of carbonyl (C=O) groups is 1. The number of carbonyl (C=O) groups excluding carboxylic acids is 1. The Labute approximate surface area is 171 Å². The molecule has 0 aliphatic rings. The highest BCUT2D eigenvalue weighted by Crippen LogP contribution is 2.19. The van der Waals surface area contributed by atoms with Crippen molar-refractivity contribution in [3.8, 4) is 0 Å². The summed E-state index contributed by atoms with van der Waals surface area (Å²) >= 11 is 0. The molecule has 0 saturated heterocycles. The van der Waals surface area contributed by atoms with Gasteiger partial charge >= 0.3 is 0 Å². The largest absolute Gasteiger partial charge is 0.333 e. The SMILES string of the molecule is CON(C)S(=O)(=O)c1cccc(C(=O)N(CCN(C)C)Cc2ccccc2F)c1. The highest BCUT2D eigenvalue weighted by molar-refractivity contribution is 7.89. The van der Waals surface area contributed by atoms with Gasteiger partial charge in [-0.25, -0.2) is 12.8 Å². The van der Waals surface area contributed by atoms with E-state index in [0.29, 0.717) is 18.7 Å². The van der Waals surface area contributed by atoms with Crippen LogP contribution >= 0.6 is 0 Å². The van der Waals surface area contributed by atoms with Crippen molar-refractivity contribution in [1.29, 1.82) is 0 Å². The van der Waals surface area contributed by atoms with E-state index in [-0.39, 0.29) is 22.9 Å². The maximum atomic E-state index is 14.1. The summed E-state index contributed by atoms with van der Waals surface area (Å²) in [6.07, 6.45) is 0. The van der Waals surface area contributed by atoms with Crippen molar-refractivity contribution in [3.05, 3.63) is 65.5 Å². The number of hydroxylamine groups is 1. The lowest BCUT2D eigenvalue weighted by Crippen LogP contribution is -2.36. The number of sulfonamides is 1. The van der Waals surface area contributed by atoms with Gasteiger partial charge in [-0.05, 0) is 38.4 Å². The van der Waals surface area contributed by atoms with Gasteiger partial charge in [0.1, 0.15) is 5.82 Å². The lowest BCUT2D eigenvalue weighted by atomic mass is 10.1. The number of hydrogen-bond donors (Lipinski definition) is 0. The second-order valence-corrected chi connectivity index (χ2v) is 8.68. The van der Waals surface area contributed by atoms with Crippen LogP contribution in [-0.2, 0) is 21.4 Å². The summed E-state index contributed by atoms with van der Waals surface area (Å²) in [5.41, 5.74) is 0.591. The molecule has 2 aromatic rings. The van der Waals surface area contributed by atoms with Crippen molar-refractivity contribution in [1.82, 2.24) is 14.3 Å². The molecule has 0 N–H and O–H groups in total. The van der Waals surface area contributed by atoms with Gasteiger partial charge in [-0.2, -0.15) is 0 Å². The minimum Gasteiger partial charge on any atom is -0.333 e. The van der Waals surface area contributed by atoms with Gasteiger partial charge in [0.15, 0.2) is 0 Å². The van der Waals surface area contributed by atoms with Crippen LogP contribution in [0.25, 0.3) is 0 Å². The summed E-state index contributed by atoms with van der Waals surface area (Å²) < 4.78 is 39.8. The molecule has 2 rings (SSSR count). The smallest absolute Gasteiger partial charge is 0.264 e. The maximum Gasteiger partial charge on any atom is 0.264 e. The number of rotatable bonds is 9. The zero-order chi connectivity index (χ0) is 21.6. The highest BCUT2D eigenvalue weighted by atomic mass is 32.2. The number of benzene rings is 2. The molecule has 1 amide bonds. The number of halogens is 1. The van der Waals surface area contributed by atoms with Crippen LogP contribution in [0.5, 0.6) is 0 Å². The van der Waals surface area contributed by atoms with E-state index < -0.39 is 15.8 Å². The normalized spacial score (nSPS) is 11.8. The molecule has 9 heteroatoms. The standard InChI is InChI=1S/C20H26FN3O4S/c1-22(2)12-13-24(15-17-8-5-6-11-19(17)21)20(25)16-9-7-10-18(14-16)29(26,27)23(3)28-4/h5-11,14H,12-13,15H2,1-4H3. The van der Waals surface area contributed by atoms with E-state index in [4.69, 9.17) is 4.84 Å². The summed E-state index contributed by atoms with van der Waals surface area (Å²) in [6.45, 7) is 1.01. The molecule has 0 spiro atoms. The van der Waals surface area contributed by atoms with Crippen molar-refractivity contribution < 1.29 is 22.4 Å². The van der Waals surface area contributed by atoms with Crippen LogP contribution in [-0.4, -0.2) is 69.9 Å². The van der Waals surface area contributed by atoms with Crippen molar-refractivity contribution in [3.63, 3.8) is 0 Å². The number of amides is 1. The van der Waals surface area contributed by atoms with Crippen LogP contribution in [0.2, 0.25) is 0 Å². The Morgan fingerprint density at radius 3 is 2.34 bits per heavy atom. The van der Waals surface area contributed by atoms with Crippen molar-refractivity contribution in [2.45, 2.75) is 11.4 Å².